The maximum Gasteiger partial charge on any atom is 0.267 e. The van der Waals surface area contributed by atoms with Crippen LogP contribution in [0.1, 0.15) is 135 Å². The Kier molecular flexibility index (Phi) is 20.1. The molecule has 0 bridgehead atoms. The monoisotopic (exact) mass is 420 g/mol. The van der Waals surface area contributed by atoms with E-state index in [0.717, 1.165) is 19.3 Å². The predicted molar refractivity (Wildman–Crippen MR) is 120 cm³/mol. The molecule has 28 heavy (non-hydrogen) atoms. The third kappa shape index (κ3) is 23.9. The van der Waals surface area contributed by atoms with Crippen LogP contribution >= 0.6 is 0 Å². The van der Waals surface area contributed by atoms with Crippen LogP contribution in [0.5, 0.6) is 0 Å². The number of aliphatic hydroxyl groups is 1. The van der Waals surface area contributed by atoms with Gasteiger partial charge in [-0.2, -0.15) is 8.42 Å². The molecule has 0 aromatic rings. The quantitative estimate of drug-likeness (QED) is 0.145. The molecule has 0 saturated carbocycles. The Morgan fingerprint density at radius 1 is 0.571 bits per heavy atom. The molecule has 0 amide bonds. The lowest BCUT2D eigenvalue weighted by Gasteiger charge is -2.08. The van der Waals surface area contributed by atoms with Crippen LogP contribution in [0.3, 0.4) is 0 Å². The van der Waals surface area contributed by atoms with Gasteiger partial charge in [0.2, 0.25) is 0 Å². The Morgan fingerprint density at radius 3 is 1.14 bits per heavy atom. The Hall–Kier alpha value is -0.130. The van der Waals surface area contributed by atoms with Gasteiger partial charge >= 0.3 is 0 Å². The summed E-state index contributed by atoms with van der Waals surface area (Å²) < 4.78 is 29.9. The average Bonchev–Trinajstić information content (AvgIpc) is 2.62. The SMILES string of the molecule is CCCCCCCCCCCCCCCCCCCCCC(O)CS(=O)(=O)O. The summed E-state index contributed by atoms with van der Waals surface area (Å²) in [5.41, 5.74) is 0. The Bertz CT molecular complexity index is 409. The Balaban J connectivity index is 3.12. The molecule has 0 aliphatic rings. The second kappa shape index (κ2) is 20.2. The van der Waals surface area contributed by atoms with E-state index < -0.39 is 22.0 Å². The van der Waals surface area contributed by atoms with Gasteiger partial charge in [-0.25, -0.2) is 0 Å². The van der Waals surface area contributed by atoms with Gasteiger partial charge < -0.3 is 5.11 Å². The molecule has 0 heterocycles. The summed E-state index contributed by atoms with van der Waals surface area (Å²) in [5.74, 6) is -0.536. The Labute approximate surface area is 175 Å². The first-order valence-corrected chi connectivity index (χ1v) is 13.7. The van der Waals surface area contributed by atoms with E-state index in [1.54, 1.807) is 0 Å². The van der Waals surface area contributed by atoms with Crippen LogP contribution in [0.4, 0.5) is 0 Å². The molecule has 1 atom stereocenters. The summed E-state index contributed by atoms with van der Waals surface area (Å²) in [7, 11) is -4.05. The summed E-state index contributed by atoms with van der Waals surface area (Å²) in [6.45, 7) is 2.27. The van der Waals surface area contributed by atoms with Gasteiger partial charge in [0.1, 0.15) is 5.75 Å². The van der Waals surface area contributed by atoms with Gasteiger partial charge in [-0.1, -0.05) is 129 Å². The molecular weight excluding hydrogens is 372 g/mol. The van der Waals surface area contributed by atoms with Crippen molar-refractivity contribution in [3.63, 3.8) is 0 Å². The van der Waals surface area contributed by atoms with E-state index in [-0.39, 0.29) is 0 Å². The molecule has 5 heteroatoms. The first kappa shape index (κ1) is 27.9. The molecule has 0 fully saturated rings. The van der Waals surface area contributed by atoms with Gasteiger partial charge in [-0.05, 0) is 6.42 Å². The smallest absolute Gasteiger partial charge is 0.267 e. The van der Waals surface area contributed by atoms with Crippen LogP contribution in [0.15, 0.2) is 0 Å². The zero-order chi connectivity index (χ0) is 20.9. The van der Waals surface area contributed by atoms with Crippen molar-refractivity contribution >= 4 is 10.1 Å². The van der Waals surface area contributed by atoms with E-state index in [1.807, 2.05) is 0 Å². The van der Waals surface area contributed by atoms with Crippen molar-refractivity contribution in [1.82, 2.24) is 0 Å². The molecule has 170 valence electrons. The van der Waals surface area contributed by atoms with Crippen LogP contribution in [-0.4, -0.2) is 29.9 Å². The molecule has 4 nitrogen and oxygen atoms in total. The summed E-state index contributed by atoms with van der Waals surface area (Å²) in [6.07, 6.45) is 24.6. The first-order chi connectivity index (χ1) is 13.5. The number of rotatable bonds is 22. The molecule has 0 radical (unpaired) electrons. The topological polar surface area (TPSA) is 74.6 Å². The highest BCUT2D eigenvalue weighted by molar-refractivity contribution is 7.85. The maximum atomic E-state index is 10.6. The molecule has 0 aliphatic carbocycles. The number of aliphatic hydroxyl groups excluding tert-OH is 1. The van der Waals surface area contributed by atoms with Crippen molar-refractivity contribution in [2.24, 2.45) is 0 Å². The van der Waals surface area contributed by atoms with Gasteiger partial charge in [0.15, 0.2) is 0 Å². The largest absolute Gasteiger partial charge is 0.392 e. The fraction of sp³-hybridized carbons (Fsp3) is 1.00. The van der Waals surface area contributed by atoms with E-state index in [2.05, 4.69) is 6.92 Å². The Morgan fingerprint density at radius 2 is 0.857 bits per heavy atom. The highest BCUT2D eigenvalue weighted by Crippen LogP contribution is 2.15. The minimum atomic E-state index is -4.05. The third-order valence-corrected chi connectivity index (χ3v) is 6.35. The van der Waals surface area contributed by atoms with Crippen molar-refractivity contribution in [2.45, 2.75) is 141 Å². The molecule has 0 aliphatic heterocycles. The molecule has 0 aromatic heterocycles. The summed E-state index contributed by atoms with van der Waals surface area (Å²) in [6, 6.07) is 0. The number of hydrogen-bond acceptors (Lipinski definition) is 3. The molecular formula is C23H48O4S. The van der Waals surface area contributed by atoms with Gasteiger partial charge in [0.05, 0.1) is 6.10 Å². The summed E-state index contributed by atoms with van der Waals surface area (Å²) in [4.78, 5) is 0. The van der Waals surface area contributed by atoms with Gasteiger partial charge in [0, 0.05) is 0 Å². The van der Waals surface area contributed by atoms with E-state index in [0.29, 0.717) is 6.42 Å². The van der Waals surface area contributed by atoms with Crippen LogP contribution in [0.2, 0.25) is 0 Å². The lowest BCUT2D eigenvalue weighted by atomic mass is 10.0. The second-order valence-corrected chi connectivity index (χ2v) is 10.1. The minimum Gasteiger partial charge on any atom is -0.392 e. The number of hydrogen-bond donors (Lipinski definition) is 2. The van der Waals surface area contributed by atoms with E-state index in [4.69, 9.17) is 4.55 Å². The third-order valence-electron chi connectivity index (χ3n) is 5.54. The highest BCUT2D eigenvalue weighted by atomic mass is 32.2. The molecule has 0 saturated heterocycles. The van der Waals surface area contributed by atoms with E-state index >= 15 is 0 Å². The van der Waals surface area contributed by atoms with E-state index in [1.165, 1.54) is 103 Å². The van der Waals surface area contributed by atoms with Gasteiger partial charge in [-0.15, -0.1) is 0 Å². The fourth-order valence-electron chi connectivity index (χ4n) is 3.78. The van der Waals surface area contributed by atoms with Gasteiger partial charge in [-0.3, -0.25) is 4.55 Å². The van der Waals surface area contributed by atoms with E-state index in [9.17, 15) is 13.5 Å². The predicted octanol–water partition coefficient (Wildman–Crippen LogP) is 7.06. The van der Waals surface area contributed by atoms with Crippen molar-refractivity contribution < 1.29 is 18.1 Å². The second-order valence-electron chi connectivity index (χ2n) is 8.56. The normalized spacial score (nSPS) is 13.1. The summed E-state index contributed by atoms with van der Waals surface area (Å²) in [5, 5.41) is 9.49. The number of unbranched alkanes of at least 4 members (excludes halogenated alkanes) is 18. The lowest BCUT2D eigenvalue weighted by molar-refractivity contribution is 0.180. The van der Waals surface area contributed by atoms with Crippen LogP contribution in [0.25, 0.3) is 0 Å². The lowest BCUT2D eigenvalue weighted by Crippen LogP contribution is -2.19. The minimum absolute atomic E-state index is 0.457. The molecule has 2 N–H and O–H groups in total. The summed E-state index contributed by atoms with van der Waals surface area (Å²) >= 11 is 0. The fourth-order valence-corrected chi connectivity index (χ4v) is 4.44. The van der Waals surface area contributed by atoms with Crippen LogP contribution in [0, 0.1) is 0 Å². The zero-order valence-corrected chi connectivity index (χ0v) is 19.4. The van der Waals surface area contributed by atoms with Crippen LogP contribution < -0.4 is 0 Å². The van der Waals surface area contributed by atoms with Crippen molar-refractivity contribution in [1.29, 1.82) is 0 Å². The molecule has 0 rings (SSSR count). The molecule has 1 unspecified atom stereocenters. The zero-order valence-electron chi connectivity index (χ0n) is 18.5. The maximum absolute atomic E-state index is 10.6. The van der Waals surface area contributed by atoms with Crippen molar-refractivity contribution in [3.8, 4) is 0 Å². The highest BCUT2D eigenvalue weighted by Gasteiger charge is 2.13. The standard InChI is InChI=1S/C23H48O4S/c1-2-3-4-5-6-7-8-9-10-11-12-13-14-15-16-17-18-19-20-21-23(24)22-28(25,26)27/h23-24H,2-22H2,1H3,(H,25,26,27). The van der Waals surface area contributed by atoms with Gasteiger partial charge in [0.25, 0.3) is 10.1 Å². The first-order valence-electron chi connectivity index (χ1n) is 12.1. The molecule has 0 spiro atoms. The van der Waals surface area contributed by atoms with Crippen molar-refractivity contribution in [3.05, 3.63) is 0 Å². The average molecular weight is 421 g/mol. The van der Waals surface area contributed by atoms with Crippen LogP contribution in [-0.2, 0) is 10.1 Å². The van der Waals surface area contributed by atoms with Crippen molar-refractivity contribution in [2.75, 3.05) is 5.75 Å². The molecule has 0 aromatic carbocycles.